The van der Waals surface area contributed by atoms with Gasteiger partial charge in [-0.3, -0.25) is 14.8 Å². The average molecular weight is 199 g/mol. The number of aldehydes is 1. The number of hydrogen-bond donors (Lipinski definition) is 1. The van der Waals surface area contributed by atoms with Gasteiger partial charge in [-0.1, -0.05) is 0 Å². The van der Waals surface area contributed by atoms with E-state index < -0.39 is 0 Å². The number of carbonyl (C=O) groups is 1. The molecule has 74 valence electrons. The third-order valence-corrected chi connectivity index (χ3v) is 1.97. The Morgan fingerprint density at radius 3 is 2.13 bits per heavy atom. The highest BCUT2D eigenvalue weighted by Crippen LogP contribution is 2.14. The van der Waals surface area contributed by atoms with Gasteiger partial charge in [-0.05, 0) is 24.3 Å². The lowest BCUT2D eigenvalue weighted by Crippen LogP contribution is -1.91. The summed E-state index contributed by atoms with van der Waals surface area (Å²) < 4.78 is 0. The molecule has 4 heteroatoms. The number of aromatic nitrogens is 2. The Bertz CT molecular complexity index is 462. The molecule has 2 N–H and O–H groups in total. The van der Waals surface area contributed by atoms with Gasteiger partial charge in [0, 0.05) is 11.8 Å². The van der Waals surface area contributed by atoms with Crippen molar-refractivity contribution in [3.8, 4) is 11.4 Å². The Morgan fingerprint density at radius 2 is 1.67 bits per heavy atom. The summed E-state index contributed by atoms with van der Waals surface area (Å²) in [6, 6.07) is 7.01. The van der Waals surface area contributed by atoms with Gasteiger partial charge in [-0.25, -0.2) is 0 Å². The first-order valence-electron chi connectivity index (χ1n) is 4.43. The lowest BCUT2D eigenvalue weighted by molar-refractivity contribution is 0.112. The largest absolute Gasteiger partial charge is 0.397 e. The predicted molar refractivity (Wildman–Crippen MR) is 57.3 cm³/mol. The highest BCUT2D eigenvalue weighted by molar-refractivity contribution is 5.74. The molecule has 15 heavy (non-hydrogen) atoms. The van der Waals surface area contributed by atoms with Crippen LogP contribution in [0.25, 0.3) is 11.4 Å². The topological polar surface area (TPSA) is 68.9 Å². The molecule has 0 bridgehead atoms. The van der Waals surface area contributed by atoms with Gasteiger partial charge in [0.25, 0.3) is 0 Å². The third-order valence-electron chi connectivity index (χ3n) is 1.97. The van der Waals surface area contributed by atoms with E-state index in [-0.39, 0.29) is 0 Å². The lowest BCUT2D eigenvalue weighted by Gasteiger charge is -1.99. The Labute approximate surface area is 86.8 Å². The normalized spacial score (nSPS) is 9.87. The molecule has 0 amide bonds. The minimum atomic E-state index is 0.550. The van der Waals surface area contributed by atoms with Crippen LogP contribution in [0, 0.1) is 0 Å². The van der Waals surface area contributed by atoms with Crippen molar-refractivity contribution >= 4 is 12.0 Å². The van der Waals surface area contributed by atoms with E-state index in [1.54, 1.807) is 30.5 Å². The summed E-state index contributed by atoms with van der Waals surface area (Å²) in [4.78, 5) is 18.7. The van der Waals surface area contributed by atoms with Gasteiger partial charge in [0.05, 0.1) is 23.3 Å². The van der Waals surface area contributed by atoms with Crippen molar-refractivity contribution in [1.29, 1.82) is 0 Å². The summed E-state index contributed by atoms with van der Waals surface area (Å²) in [6.07, 6.45) is 3.85. The monoisotopic (exact) mass is 199 g/mol. The van der Waals surface area contributed by atoms with E-state index in [9.17, 15) is 4.79 Å². The van der Waals surface area contributed by atoms with Crippen LogP contribution < -0.4 is 5.73 Å². The van der Waals surface area contributed by atoms with Crippen molar-refractivity contribution in [1.82, 2.24) is 9.97 Å². The average Bonchev–Trinajstić information content (AvgIpc) is 2.30. The molecule has 0 aliphatic carbocycles. The summed E-state index contributed by atoms with van der Waals surface area (Å²) in [5.41, 5.74) is 8.15. The molecule has 0 aliphatic rings. The standard InChI is InChI=1S/C11H9N3O/c12-9-2-4-11(14-6-9)10-3-1-8(7-15)5-13-10/h1-7H,12H2. The molecule has 0 saturated carbocycles. The van der Waals surface area contributed by atoms with E-state index >= 15 is 0 Å². The summed E-state index contributed by atoms with van der Waals surface area (Å²) in [5.74, 6) is 0. The van der Waals surface area contributed by atoms with Gasteiger partial charge in [0.15, 0.2) is 6.29 Å². The van der Waals surface area contributed by atoms with E-state index in [1.807, 2.05) is 0 Å². The maximum Gasteiger partial charge on any atom is 0.151 e. The zero-order valence-corrected chi connectivity index (χ0v) is 7.92. The van der Waals surface area contributed by atoms with Crippen molar-refractivity contribution in [3.63, 3.8) is 0 Å². The molecular weight excluding hydrogens is 190 g/mol. The highest BCUT2D eigenvalue weighted by atomic mass is 16.1. The number of carbonyl (C=O) groups excluding carboxylic acids is 1. The van der Waals surface area contributed by atoms with Gasteiger partial charge in [0.1, 0.15) is 0 Å². The number of anilines is 1. The molecule has 0 saturated heterocycles. The van der Waals surface area contributed by atoms with Crippen molar-refractivity contribution < 1.29 is 4.79 Å². The quantitative estimate of drug-likeness (QED) is 0.745. The van der Waals surface area contributed by atoms with Crippen molar-refractivity contribution in [2.45, 2.75) is 0 Å². The third kappa shape index (κ3) is 1.99. The summed E-state index contributed by atoms with van der Waals surface area (Å²) in [7, 11) is 0. The minimum Gasteiger partial charge on any atom is -0.397 e. The van der Waals surface area contributed by atoms with Crippen molar-refractivity contribution in [2.75, 3.05) is 5.73 Å². The fourth-order valence-electron chi connectivity index (χ4n) is 1.18. The summed E-state index contributed by atoms with van der Waals surface area (Å²) >= 11 is 0. The van der Waals surface area contributed by atoms with Gasteiger partial charge >= 0.3 is 0 Å². The summed E-state index contributed by atoms with van der Waals surface area (Å²) in [6.45, 7) is 0. The molecule has 2 aromatic rings. The number of nitrogens with two attached hydrogens (primary N) is 1. The van der Waals surface area contributed by atoms with Crippen LogP contribution in [0.1, 0.15) is 10.4 Å². The minimum absolute atomic E-state index is 0.550. The highest BCUT2D eigenvalue weighted by Gasteiger charge is 2.00. The maximum absolute atomic E-state index is 10.4. The van der Waals surface area contributed by atoms with E-state index in [1.165, 1.54) is 6.20 Å². The Kier molecular flexibility index (Phi) is 2.41. The molecule has 0 radical (unpaired) electrons. The molecule has 2 rings (SSSR count). The molecule has 2 heterocycles. The van der Waals surface area contributed by atoms with Crippen molar-refractivity contribution in [3.05, 3.63) is 42.2 Å². The van der Waals surface area contributed by atoms with Crippen LogP contribution in [-0.4, -0.2) is 16.3 Å². The van der Waals surface area contributed by atoms with Crippen molar-refractivity contribution in [2.24, 2.45) is 0 Å². The first-order valence-corrected chi connectivity index (χ1v) is 4.43. The van der Waals surface area contributed by atoms with Gasteiger partial charge in [-0.15, -0.1) is 0 Å². The van der Waals surface area contributed by atoms with Crippen LogP contribution in [0.3, 0.4) is 0 Å². The number of hydrogen-bond acceptors (Lipinski definition) is 4. The molecule has 4 nitrogen and oxygen atoms in total. The van der Waals surface area contributed by atoms with Gasteiger partial charge in [0.2, 0.25) is 0 Å². The first kappa shape index (κ1) is 9.33. The molecule has 0 unspecified atom stereocenters. The summed E-state index contributed by atoms with van der Waals surface area (Å²) in [5, 5.41) is 0. The fraction of sp³-hybridized carbons (Fsp3) is 0. The second-order valence-electron chi connectivity index (χ2n) is 3.07. The molecular formula is C11H9N3O. The van der Waals surface area contributed by atoms with Gasteiger partial charge < -0.3 is 5.73 Å². The number of nitrogen functional groups attached to an aromatic ring is 1. The molecule has 0 fully saturated rings. The van der Waals surface area contributed by atoms with Crippen LogP contribution in [0.15, 0.2) is 36.7 Å². The predicted octanol–water partition coefficient (Wildman–Crippen LogP) is 1.54. The number of pyridine rings is 2. The second-order valence-corrected chi connectivity index (χ2v) is 3.07. The molecule has 0 atom stereocenters. The second kappa shape index (κ2) is 3.88. The van der Waals surface area contributed by atoms with Crippen LogP contribution in [-0.2, 0) is 0 Å². The molecule has 0 aromatic carbocycles. The maximum atomic E-state index is 10.4. The van der Waals surface area contributed by atoms with E-state index in [2.05, 4.69) is 9.97 Å². The van der Waals surface area contributed by atoms with E-state index in [0.717, 1.165) is 17.7 Å². The smallest absolute Gasteiger partial charge is 0.151 e. The van der Waals surface area contributed by atoms with Crippen LogP contribution in [0.2, 0.25) is 0 Å². The van der Waals surface area contributed by atoms with Crippen LogP contribution in [0.4, 0.5) is 5.69 Å². The molecule has 0 aliphatic heterocycles. The SMILES string of the molecule is Nc1ccc(-c2ccc(C=O)cn2)nc1. The number of nitrogens with zero attached hydrogens (tertiary/aromatic N) is 2. The fourth-order valence-corrected chi connectivity index (χ4v) is 1.18. The van der Waals surface area contributed by atoms with Crippen LogP contribution in [0.5, 0.6) is 0 Å². The Hall–Kier alpha value is -2.23. The first-order chi connectivity index (χ1) is 7.29. The van der Waals surface area contributed by atoms with E-state index in [4.69, 9.17) is 5.73 Å². The zero-order chi connectivity index (χ0) is 10.7. The Balaban J connectivity index is 2.37. The zero-order valence-electron chi connectivity index (χ0n) is 7.92. The Morgan fingerprint density at radius 1 is 1.00 bits per heavy atom. The van der Waals surface area contributed by atoms with Gasteiger partial charge in [-0.2, -0.15) is 0 Å². The number of rotatable bonds is 2. The lowest BCUT2D eigenvalue weighted by atomic mass is 10.2. The van der Waals surface area contributed by atoms with Crippen LogP contribution >= 0.6 is 0 Å². The van der Waals surface area contributed by atoms with E-state index in [0.29, 0.717) is 11.3 Å². The molecule has 2 aromatic heterocycles. The molecule has 0 spiro atoms.